The van der Waals surface area contributed by atoms with Gasteiger partial charge in [-0.15, -0.1) is 4.91 Å². The van der Waals surface area contributed by atoms with Crippen LogP contribution in [-0.2, 0) is 0 Å². The Morgan fingerprint density at radius 2 is 1.75 bits per heavy atom. The van der Waals surface area contributed by atoms with Crippen molar-refractivity contribution >= 4 is 0 Å². The molecule has 0 heterocycles. The number of hydrogen-bond donors (Lipinski definition) is 0. The summed E-state index contributed by atoms with van der Waals surface area (Å²) in [7, 11) is 0. The highest BCUT2D eigenvalue weighted by Gasteiger charge is 2.42. The van der Waals surface area contributed by atoms with Crippen molar-refractivity contribution < 1.29 is 17.6 Å². The molecule has 0 aromatic rings. The second-order valence-electron chi connectivity index (χ2n) is 0.980. The number of rotatable bonds is 2. The van der Waals surface area contributed by atoms with Crippen molar-refractivity contribution in [3.05, 3.63) is 4.91 Å². The second-order valence-corrected chi connectivity index (χ2v) is 0.980. The van der Waals surface area contributed by atoms with Crippen LogP contribution in [0.2, 0.25) is 0 Å². The number of halogens is 4. The molecule has 6 heteroatoms. The summed E-state index contributed by atoms with van der Waals surface area (Å²) in [5, 5.41) is 0.887. The molecule has 0 saturated carbocycles. The van der Waals surface area contributed by atoms with Gasteiger partial charge in [-0.05, 0) is 0 Å². The molecule has 0 rings (SSSR count). The lowest BCUT2D eigenvalue weighted by Gasteiger charge is -2.02. The van der Waals surface area contributed by atoms with Crippen molar-refractivity contribution in [2.75, 3.05) is 0 Å². The van der Waals surface area contributed by atoms with Crippen LogP contribution in [0.15, 0.2) is 5.18 Å². The molecule has 0 aliphatic rings. The van der Waals surface area contributed by atoms with E-state index in [1.54, 1.807) is 0 Å². The number of alkyl halides is 4. The van der Waals surface area contributed by atoms with Crippen LogP contribution in [0.5, 0.6) is 0 Å². The first kappa shape index (κ1) is 7.32. The van der Waals surface area contributed by atoms with Crippen molar-refractivity contribution in [1.82, 2.24) is 0 Å². The Morgan fingerprint density at radius 3 is 1.75 bits per heavy atom. The van der Waals surface area contributed by atoms with Gasteiger partial charge in [-0.3, -0.25) is 0 Å². The minimum absolute atomic E-state index is 0.887. The maximum Gasteiger partial charge on any atom is 0.436 e. The lowest BCUT2D eigenvalue weighted by atomic mass is 10.6. The van der Waals surface area contributed by atoms with Crippen LogP contribution in [0.25, 0.3) is 0 Å². The summed E-state index contributed by atoms with van der Waals surface area (Å²) in [6.45, 7) is 0. The Morgan fingerprint density at radius 1 is 1.38 bits per heavy atom. The molecule has 0 fully saturated rings. The highest BCUT2D eigenvalue weighted by atomic mass is 19.3. The van der Waals surface area contributed by atoms with E-state index in [9.17, 15) is 17.6 Å². The third kappa shape index (κ3) is 1.43. The van der Waals surface area contributed by atoms with E-state index in [-0.39, 0.29) is 0 Å². The van der Waals surface area contributed by atoms with Crippen molar-refractivity contribution in [3.63, 3.8) is 0 Å². The quantitative estimate of drug-likeness (QED) is 0.318. The molecule has 0 radical (unpaired) electrons. The van der Waals surface area contributed by atoms with E-state index in [0.717, 1.165) is 5.18 Å². The molecular formula is C2HF4NO. The van der Waals surface area contributed by atoms with E-state index < -0.39 is 12.5 Å². The highest BCUT2D eigenvalue weighted by Crippen LogP contribution is 2.22. The van der Waals surface area contributed by atoms with Gasteiger partial charge in [0, 0.05) is 5.18 Å². The maximum atomic E-state index is 11.0. The Kier molecular flexibility index (Phi) is 1.88. The van der Waals surface area contributed by atoms with Crippen LogP contribution in [-0.4, -0.2) is 12.5 Å². The minimum atomic E-state index is -4.72. The predicted octanol–water partition coefficient (Wildman–Crippen LogP) is 1.61. The molecular weight excluding hydrogens is 130 g/mol. The highest BCUT2D eigenvalue weighted by molar-refractivity contribution is 4.62. The van der Waals surface area contributed by atoms with E-state index in [1.807, 2.05) is 0 Å². The smallest absolute Gasteiger partial charge is 0.201 e. The molecule has 0 spiro atoms. The van der Waals surface area contributed by atoms with Gasteiger partial charge in [0.05, 0.1) is 0 Å². The van der Waals surface area contributed by atoms with Crippen LogP contribution in [0.1, 0.15) is 0 Å². The number of nitroso groups, excluding NO2 is 1. The maximum absolute atomic E-state index is 11.0. The predicted molar refractivity (Wildman–Crippen MR) is 16.7 cm³/mol. The van der Waals surface area contributed by atoms with Crippen molar-refractivity contribution in [3.8, 4) is 0 Å². The second kappa shape index (κ2) is 2.06. The Labute approximate surface area is 41.5 Å². The van der Waals surface area contributed by atoms with E-state index >= 15 is 0 Å². The van der Waals surface area contributed by atoms with Crippen LogP contribution >= 0.6 is 0 Å². The van der Waals surface area contributed by atoms with Crippen LogP contribution in [0, 0.1) is 4.91 Å². The summed E-state index contributed by atoms with van der Waals surface area (Å²) in [6.07, 6.45) is -4.00. The fraction of sp³-hybridized carbons (Fsp3) is 1.00. The standard InChI is InChI=1S/C2HF4NO/c3-1(4)2(5,6)7-8/h1H. The molecule has 0 bridgehead atoms. The lowest BCUT2D eigenvalue weighted by molar-refractivity contribution is -0.122. The molecule has 0 unspecified atom stereocenters. The first-order chi connectivity index (χ1) is 3.50. The van der Waals surface area contributed by atoms with Crippen molar-refractivity contribution in [2.45, 2.75) is 12.5 Å². The van der Waals surface area contributed by atoms with Gasteiger partial charge in [0.2, 0.25) is 0 Å². The third-order valence-corrected chi connectivity index (χ3v) is 0.384. The lowest BCUT2D eigenvalue weighted by Crippen LogP contribution is -2.22. The van der Waals surface area contributed by atoms with Gasteiger partial charge in [-0.2, -0.15) is 8.78 Å². The topological polar surface area (TPSA) is 29.4 Å². The zero-order valence-electron chi connectivity index (χ0n) is 3.44. The molecule has 0 N–H and O–H groups in total. The fourth-order valence-electron chi connectivity index (χ4n) is 0.0398. The van der Waals surface area contributed by atoms with Crippen LogP contribution in [0.3, 0.4) is 0 Å². The van der Waals surface area contributed by atoms with Gasteiger partial charge in [-0.1, -0.05) is 0 Å². The molecule has 0 aliphatic heterocycles. The zero-order chi connectivity index (χ0) is 6.78. The van der Waals surface area contributed by atoms with Gasteiger partial charge in [0.1, 0.15) is 0 Å². The summed E-state index contributed by atoms with van der Waals surface area (Å²) < 4.78 is 43.6. The first-order valence-corrected chi connectivity index (χ1v) is 1.51. The molecule has 0 aromatic heterocycles. The van der Waals surface area contributed by atoms with Crippen LogP contribution < -0.4 is 0 Å². The van der Waals surface area contributed by atoms with E-state index in [4.69, 9.17) is 4.91 Å². The zero-order valence-corrected chi connectivity index (χ0v) is 3.44. The van der Waals surface area contributed by atoms with Gasteiger partial charge in [0.25, 0.3) is 0 Å². The number of hydrogen-bond acceptors (Lipinski definition) is 2. The van der Waals surface area contributed by atoms with Gasteiger partial charge < -0.3 is 0 Å². The van der Waals surface area contributed by atoms with E-state index in [1.165, 1.54) is 0 Å². The number of nitrogens with zero attached hydrogens (tertiary/aromatic N) is 1. The average Bonchev–Trinajstić information content (AvgIpc) is 1.67. The summed E-state index contributed by atoms with van der Waals surface area (Å²) in [5.74, 6) is 0. The Balaban J connectivity index is 3.90. The molecule has 0 aromatic carbocycles. The molecule has 2 nitrogen and oxygen atoms in total. The molecule has 0 saturated heterocycles. The fourth-order valence-corrected chi connectivity index (χ4v) is 0.0398. The van der Waals surface area contributed by atoms with Crippen molar-refractivity contribution in [1.29, 1.82) is 0 Å². The summed E-state index contributed by atoms with van der Waals surface area (Å²) >= 11 is 0. The minimum Gasteiger partial charge on any atom is -0.201 e. The molecule has 0 aliphatic carbocycles. The molecule has 48 valence electrons. The SMILES string of the molecule is O=NC(F)(F)C(F)F. The van der Waals surface area contributed by atoms with Gasteiger partial charge in [-0.25, -0.2) is 8.78 Å². The first-order valence-electron chi connectivity index (χ1n) is 1.51. The van der Waals surface area contributed by atoms with E-state index in [2.05, 4.69) is 0 Å². The monoisotopic (exact) mass is 131 g/mol. The molecule has 0 atom stereocenters. The summed E-state index contributed by atoms with van der Waals surface area (Å²) in [4.78, 5) is 8.79. The Bertz CT molecular complexity index is 92.0. The van der Waals surface area contributed by atoms with E-state index in [0.29, 0.717) is 0 Å². The van der Waals surface area contributed by atoms with Gasteiger partial charge >= 0.3 is 12.5 Å². The largest absolute Gasteiger partial charge is 0.436 e. The Hall–Kier alpha value is -0.680. The summed E-state index contributed by atoms with van der Waals surface area (Å²) in [6, 6.07) is -4.72. The molecule has 8 heavy (non-hydrogen) atoms. The van der Waals surface area contributed by atoms with Crippen molar-refractivity contribution in [2.24, 2.45) is 5.18 Å². The summed E-state index contributed by atoms with van der Waals surface area (Å²) in [5.41, 5.74) is 0. The van der Waals surface area contributed by atoms with Crippen LogP contribution in [0.4, 0.5) is 17.6 Å². The van der Waals surface area contributed by atoms with Gasteiger partial charge in [0.15, 0.2) is 0 Å². The molecule has 0 amide bonds. The average molecular weight is 131 g/mol. The third-order valence-electron chi connectivity index (χ3n) is 0.384. The normalized spacial score (nSPS) is 12.1.